The monoisotopic (exact) mass is 273 g/mol. The maximum absolute atomic E-state index is 11.7. The minimum atomic E-state index is -0.532. The van der Waals surface area contributed by atoms with E-state index in [2.05, 4.69) is 5.32 Å². The molecular weight excluding hydrogens is 254 g/mol. The highest BCUT2D eigenvalue weighted by atomic mass is 16.5. The number of hydrogen-bond acceptors (Lipinski definition) is 4. The largest absolute Gasteiger partial charge is 0.447 e. The van der Waals surface area contributed by atoms with Gasteiger partial charge in [-0.2, -0.15) is 5.26 Å². The summed E-state index contributed by atoms with van der Waals surface area (Å²) in [4.78, 5) is 11.7. The topological polar surface area (TPSA) is 88.1 Å². The first-order chi connectivity index (χ1) is 9.61. The molecule has 0 radical (unpaired) electrons. The van der Waals surface area contributed by atoms with Crippen LogP contribution in [0.3, 0.4) is 0 Å². The number of anilines is 1. The second-order valence-electron chi connectivity index (χ2n) is 5.32. The Morgan fingerprint density at radius 1 is 1.40 bits per heavy atom. The van der Waals surface area contributed by atoms with E-state index in [1.807, 2.05) is 6.07 Å². The van der Waals surface area contributed by atoms with Crippen LogP contribution in [0, 0.1) is 11.3 Å². The highest BCUT2D eigenvalue weighted by Crippen LogP contribution is 2.26. The zero-order valence-electron chi connectivity index (χ0n) is 11.4. The highest BCUT2D eigenvalue weighted by Gasteiger charge is 2.28. The number of hydrogen-bond donors (Lipinski definition) is 2. The van der Waals surface area contributed by atoms with Crippen molar-refractivity contribution < 1.29 is 9.53 Å². The molecule has 0 aliphatic heterocycles. The number of nitriles is 1. The zero-order chi connectivity index (χ0) is 14.4. The lowest BCUT2D eigenvalue weighted by Gasteiger charge is -2.32. The van der Waals surface area contributed by atoms with Crippen LogP contribution < -0.4 is 11.1 Å². The summed E-state index contributed by atoms with van der Waals surface area (Å²) in [7, 11) is 0. The van der Waals surface area contributed by atoms with Crippen molar-refractivity contribution in [1.29, 1.82) is 5.26 Å². The molecule has 106 valence electrons. The molecule has 20 heavy (non-hydrogen) atoms. The van der Waals surface area contributed by atoms with Crippen LogP contribution in [0.5, 0.6) is 0 Å². The van der Waals surface area contributed by atoms with Gasteiger partial charge in [0.2, 0.25) is 0 Å². The molecule has 0 spiro atoms. The van der Waals surface area contributed by atoms with Crippen molar-refractivity contribution in [3.05, 3.63) is 29.8 Å². The first-order valence-electron chi connectivity index (χ1n) is 6.84. The first kappa shape index (κ1) is 14.4. The van der Waals surface area contributed by atoms with E-state index in [1.165, 1.54) is 6.42 Å². The minimum absolute atomic E-state index is 0.233. The molecular formula is C15H19N3O2. The maximum Gasteiger partial charge on any atom is 0.411 e. The molecule has 0 saturated heterocycles. The molecule has 1 aromatic rings. The molecule has 0 atom stereocenters. The van der Waals surface area contributed by atoms with Gasteiger partial charge in [-0.3, -0.25) is 5.32 Å². The van der Waals surface area contributed by atoms with Crippen molar-refractivity contribution in [3.63, 3.8) is 0 Å². The van der Waals surface area contributed by atoms with Crippen LogP contribution >= 0.6 is 0 Å². The van der Waals surface area contributed by atoms with Gasteiger partial charge < -0.3 is 10.5 Å². The van der Waals surface area contributed by atoms with Gasteiger partial charge in [-0.05, 0) is 31.0 Å². The standard InChI is InChI=1S/C15H19N3O2/c16-10-12-5-4-6-13(9-12)18-14(19)20-11-15(17)7-2-1-3-8-15/h4-6,9H,1-3,7-8,11,17H2,(H,18,19). The number of carbonyl (C=O) groups excluding carboxylic acids is 1. The average Bonchev–Trinajstić information content (AvgIpc) is 2.46. The third kappa shape index (κ3) is 3.97. The third-order valence-corrected chi connectivity index (χ3v) is 3.58. The normalized spacial score (nSPS) is 17.0. The van der Waals surface area contributed by atoms with Gasteiger partial charge >= 0.3 is 6.09 Å². The summed E-state index contributed by atoms with van der Waals surface area (Å²) in [5.41, 5.74) is 6.85. The molecule has 1 aromatic carbocycles. The van der Waals surface area contributed by atoms with Gasteiger partial charge in [0.15, 0.2) is 0 Å². The summed E-state index contributed by atoms with van der Waals surface area (Å²) in [5, 5.41) is 11.4. The number of rotatable bonds is 3. The van der Waals surface area contributed by atoms with E-state index in [9.17, 15) is 4.79 Å². The van der Waals surface area contributed by atoms with Gasteiger partial charge in [0, 0.05) is 5.69 Å². The lowest BCUT2D eigenvalue weighted by molar-refractivity contribution is 0.112. The fourth-order valence-electron chi connectivity index (χ4n) is 2.43. The fraction of sp³-hybridized carbons (Fsp3) is 0.467. The molecule has 1 aliphatic carbocycles. The SMILES string of the molecule is N#Cc1cccc(NC(=O)OCC2(N)CCCCC2)c1. The van der Waals surface area contributed by atoms with Gasteiger partial charge in [-0.1, -0.05) is 25.3 Å². The van der Waals surface area contributed by atoms with Crippen LogP contribution in [0.2, 0.25) is 0 Å². The van der Waals surface area contributed by atoms with Crippen molar-refractivity contribution in [2.75, 3.05) is 11.9 Å². The predicted octanol–water partition coefficient (Wildman–Crippen LogP) is 2.77. The van der Waals surface area contributed by atoms with Gasteiger partial charge in [0.05, 0.1) is 17.2 Å². The molecule has 3 N–H and O–H groups in total. The number of amides is 1. The molecule has 1 amide bonds. The quantitative estimate of drug-likeness (QED) is 0.886. The third-order valence-electron chi connectivity index (χ3n) is 3.58. The van der Waals surface area contributed by atoms with E-state index in [-0.39, 0.29) is 12.1 Å². The van der Waals surface area contributed by atoms with Crippen molar-refractivity contribution >= 4 is 11.8 Å². The first-order valence-corrected chi connectivity index (χ1v) is 6.84. The molecule has 5 heteroatoms. The Labute approximate surface area is 118 Å². The molecule has 5 nitrogen and oxygen atoms in total. The van der Waals surface area contributed by atoms with Crippen molar-refractivity contribution in [2.24, 2.45) is 5.73 Å². The fourth-order valence-corrected chi connectivity index (χ4v) is 2.43. The van der Waals surface area contributed by atoms with Crippen LogP contribution in [0.1, 0.15) is 37.7 Å². The predicted molar refractivity (Wildman–Crippen MR) is 76.1 cm³/mol. The van der Waals surface area contributed by atoms with Crippen molar-refractivity contribution in [2.45, 2.75) is 37.6 Å². The Balaban J connectivity index is 1.84. The number of carbonyl (C=O) groups is 1. The second kappa shape index (κ2) is 6.40. The van der Waals surface area contributed by atoms with Crippen LogP contribution in [0.15, 0.2) is 24.3 Å². The molecule has 1 aliphatic rings. The number of nitrogens with one attached hydrogen (secondary N) is 1. The Bertz CT molecular complexity index is 516. The van der Waals surface area contributed by atoms with Gasteiger partial charge in [-0.25, -0.2) is 4.79 Å². The van der Waals surface area contributed by atoms with E-state index in [0.717, 1.165) is 25.7 Å². The summed E-state index contributed by atoms with van der Waals surface area (Å²) >= 11 is 0. The lowest BCUT2D eigenvalue weighted by Crippen LogP contribution is -2.46. The molecule has 0 heterocycles. The zero-order valence-corrected chi connectivity index (χ0v) is 11.4. The molecule has 1 fully saturated rings. The van der Waals surface area contributed by atoms with Gasteiger partial charge in [-0.15, -0.1) is 0 Å². The number of nitrogens with zero attached hydrogens (tertiary/aromatic N) is 1. The van der Waals surface area contributed by atoms with E-state index in [0.29, 0.717) is 11.3 Å². The second-order valence-corrected chi connectivity index (χ2v) is 5.32. The van der Waals surface area contributed by atoms with Crippen LogP contribution in [0.4, 0.5) is 10.5 Å². The summed E-state index contributed by atoms with van der Waals surface area (Å²) in [6.45, 7) is 0.233. The molecule has 0 aromatic heterocycles. The summed E-state index contributed by atoms with van der Waals surface area (Å²) in [6, 6.07) is 8.71. The summed E-state index contributed by atoms with van der Waals surface area (Å²) in [6.07, 6.45) is 4.63. The lowest BCUT2D eigenvalue weighted by atomic mass is 9.83. The number of nitrogens with two attached hydrogens (primary N) is 1. The smallest absolute Gasteiger partial charge is 0.411 e. The van der Waals surface area contributed by atoms with Gasteiger partial charge in [0.25, 0.3) is 0 Å². The van der Waals surface area contributed by atoms with Crippen molar-refractivity contribution in [1.82, 2.24) is 0 Å². The Kier molecular flexibility index (Phi) is 4.59. The Morgan fingerprint density at radius 2 is 2.15 bits per heavy atom. The Morgan fingerprint density at radius 3 is 2.85 bits per heavy atom. The van der Waals surface area contributed by atoms with E-state index in [1.54, 1.807) is 24.3 Å². The number of benzene rings is 1. The molecule has 0 bridgehead atoms. The minimum Gasteiger partial charge on any atom is -0.447 e. The number of ether oxygens (including phenoxy) is 1. The van der Waals surface area contributed by atoms with Crippen LogP contribution in [-0.4, -0.2) is 18.2 Å². The molecule has 2 rings (SSSR count). The Hall–Kier alpha value is -2.06. The van der Waals surface area contributed by atoms with Crippen LogP contribution in [0.25, 0.3) is 0 Å². The van der Waals surface area contributed by atoms with E-state index >= 15 is 0 Å². The summed E-state index contributed by atoms with van der Waals surface area (Å²) < 4.78 is 5.20. The average molecular weight is 273 g/mol. The molecule has 1 saturated carbocycles. The van der Waals surface area contributed by atoms with E-state index < -0.39 is 6.09 Å². The van der Waals surface area contributed by atoms with Gasteiger partial charge in [0.1, 0.15) is 6.61 Å². The van der Waals surface area contributed by atoms with Crippen LogP contribution in [-0.2, 0) is 4.74 Å². The molecule has 0 unspecified atom stereocenters. The van der Waals surface area contributed by atoms with Crippen molar-refractivity contribution in [3.8, 4) is 6.07 Å². The maximum atomic E-state index is 11.7. The summed E-state index contributed by atoms with van der Waals surface area (Å²) in [5.74, 6) is 0. The van der Waals surface area contributed by atoms with E-state index in [4.69, 9.17) is 15.7 Å². The highest BCUT2D eigenvalue weighted by molar-refractivity contribution is 5.84.